The Balaban J connectivity index is 1.56. The number of carbonyl (C=O) groups is 1. The Kier molecular flexibility index (Phi) is 11.6. The number of carbonyl (C=O) groups excluding carboxylic acids is 1. The van der Waals surface area contributed by atoms with Gasteiger partial charge in [0, 0.05) is 12.8 Å². The van der Waals surface area contributed by atoms with Crippen molar-refractivity contribution in [3.63, 3.8) is 0 Å². The molecule has 0 aliphatic heterocycles. The number of aryl methyl sites for hydroxylation is 2. The lowest BCUT2D eigenvalue weighted by atomic mass is 10.0. The molecule has 2 N–H and O–H groups in total. The summed E-state index contributed by atoms with van der Waals surface area (Å²) in [5, 5.41) is 17.7. The Hall–Kier alpha value is -2.37. The Morgan fingerprint density at radius 3 is 1.60 bits per heavy atom. The van der Waals surface area contributed by atoms with Crippen LogP contribution in [0, 0.1) is 0 Å². The Labute approximate surface area is 179 Å². The number of aliphatic hydroxyl groups is 2. The SMILES string of the molecule is O=C(CCCCc1cccc(OCCO)c1)CCCCc1cccc(OCCO)c1. The van der Waals surface area contributed by atoms with Crippen molar-refractivity contribution in [1.29, 1.82) is 0 Å². The van der Waals surface area contributed by atoms with Gasteiger partial charge in [-0.2, -0.15) is 0 Å². The number of hydrogen-bond acceptors (Lipinski definition) is 5. The maximum Gasteiger partial charge on any atom is 0.132 e. The molecule has 2 aromatic rings. The van der Waals surface area contributed by atoms with Gasteiger partial charge in [-0.15, -0.1) is 0 Å². The number of unbranched alkanes of at least 4 members (excludes halogenated alkanes) is 2. The van der Waals surface area contributed by atoms with E-state index in [-0.39, 0.29) is 13.2 Å². The van der Waals surface area contributed by atoms with Crippen LogP contribution in [0.1, 0.15) is 49.7 Å². The van der Waals surface area contributed by atoms with Crippen LogP contribution in [0.3, 0.4) is 0 Å². The van der Waals surface area contributed by atoms with E-state index in [0.717, 1.165) is 50.0 Å². The molecule has 2 rings (SSSR count). The number of benzene rings is 2. The summed E-state index contributed by atoms with van der Waals surface area (Å²) < 4.78 is 10.9. The number of rotatable bonds is 16. The van der Waals surface area contributed by atoms with Crippen molar-refractivity contribution in [2.75, 3.05) is 26.4 Å². The van der Waals surface area contributed by atoms with Crippen molar-refractivity contribution >= 4 is 5.78 Å². The van der Waals surface area contributed by atoms with Crippen LogP contribution in [0.25, 0.3) is 0 Å². The van der Waals surface area contributed by atoms with Gasteiger partial charge in [0.25, 0.3) is 0 Å². The second-order valence-corrected chi connectivity index (χ2v) is 7.39. The van der Waals surface area contributed by atoms with Crippen molar-refractivity contribution < 1.29 is 24.5 Å². The third-order valence-electron chi connectivity index (χ3n) is 4.86. The van der Waals surface area contributed by atoms with E-state index in [4.69, 9.17) is 19.7 Å². The third-order valence-corrected chi connectivity index (χ3v) is 4.86. The number of Topliss-reactive ketones (excluding diaryl/α,β-unsaturated/α-hetero) is 1. The molecule has 5 nitrogen and oxygen atoms in total. The molecule has 0 amide bonds. The summed E-state index contributed by atoms with van der Waals surface area (Å²) in [5.74, 6) is 1.90. The second-order valence-electron chi connectivity index (χ2n) is 7.39. The zero-order chi connectivity index (χ0) is 21.4. The highest BCUT2D eigenvalue weighted by molar-refractivity contribution is 5.78. The van der Waals surface area contributed by atoms with Crippen LogP contribution in [-0.4, -0.2) is 42.4 Å². The van der Waals surface area contributed by atoms with Gasteiger partial charge in [0.1, 0.15) is 30.5 Å². The fourth-order valence-corrected chi connectivity index (χ4v) is 3.34. The van der Waals surface area contributed by atoms with Gasteiger partial charge in [0.05, 0.1) is 13.2 Å². The minimum Gasteiger partial charge on any atom is -0.491 e. The van der Waals surface area contributed by atoms with Crippen LogP contribution >= 0.6 is 0 Å². The first-order valence-electron chi connectivity index (χ1n) is 10.9. The number of ketones is 1. The molecule has 0 bridgehead atoms. The van der Waals surface area contributed by atoms with Crippen molar-refractivity contribution in [3.8, 4) is 11.5 Å². The lowest BCUT2D eigenvalue weighted by Crippen LogP contribution is -2.02. The molecule has 5 heteroatoms. The van der Waals surface area contributed by atoms with Crippen LogP contribution in [0.2, 0.25) is 0 Å². The molecule has 0 saturated carbocycles. The van der Waals surface area contributed by atoms with Gasteiger partial charge in [-0.3, -0.25) is 4.79 Å². The number of aliphatic hydroxyl groups excluding tert-OH is 2. The monoisotopic (exact) mass is 414 g/mol. The summed E-state index contributed by atoms with van der Waals surface area (Å²) in [6.45, 7) is 0.636. The van der Waals surface area contributed by atoms with E-state index < -0.39 is 0 Å². The predicted molar refractivity (Wildman–Crippen MR) is 118 cm³/mol. The van der Waals surface area contributed by atoms with Gasteiger partial charge in [-0.05, 0) is 73.9 Å². The summed E-state index contributed by atoms with van der Waals surface area (Å²) in [7, 11) is 0. The number of ether oxygens (including phenoxy) is 2. The van der Waals surface area contributed by atoms with Gasteiger partial charge in [-0.25, -0.2) is 0 Å². The molecule has 0 aromatic heterocycles. The molecule has 0 aliphatic carbocycles. The van der Waals surface area contributed by atoms with Crippen molar-refractivity contribution in [3.05, 3.63) is 59.7 Å². The molecule has 2 aromatic carbocycles. The fourth-order valence-electron chi connectivity index (χ4n) is 3.34. The van der Waals surface area contributed by atoms with E-state index in [2.05, 4.69) is 12.1 Å². The summed E-state index contributed by atoms with van der Waals surface area (Å²) in [6.07, 6.45) is 6.92. The minimum atomic E-state index is 0.0117. The van der Waals surface area contributed by atoms with Crippen LogP contribution in [0.15, 0.2) is 48.5 Å². The molecule has 0 saturated heterocycles. The minimum absolute atomic E-state index is 0.0117. The van der Waals surface area contributed by atoms with Gasteiger partial charge in [-0.1, -0.05) is 24.3 Å². The molecular weight excluding hydrogens is 380 g/mol. The zero-order valence-corrected chi connectivity index (χ0v) is 17.7. The summed E-state index contributed by atoms with van der Waals surface area (Å²) in [4.78, 5) is 12.1. The molecule has 0 unspecified atom stereocenters. The first kappa shape index (κ1) is 23.9. The standard InChI is InChI=1S/C25H34O5/c26-15-17-29-24-13-5-9-21(19-24)7-1-3-11-23(28)12-4-2-8-22-10-6-14-25(20-22)30-18-16-27/h5-6,9-10,13-14,19-20,26-27H,1-4,7-8,11-12,15-18H2. The average Bonchev–Trinajstić information content (AvgIpc) is 2.77. The number of hydrogen-bond donors (Lipinski definition) is 2. The van der Waals surface area contributed by atoms with E-state index in [9.17, 15) is 4.79 Å². The highest BCUT2D eigenvalue weighted by Crippen LogP contribution is 2.17. The van der Waals surface area contributed by atoms with Gasteiger partial charge >= 0.3 is 0 Å². The molecule has 0 heterocycles. The Morgan fingerprint density at radius 1 is 0.700 bits per heavy atom. The third kappa shape index (κ3) is 9.90. The first-order chi connectivity index (χ1) is 14.7. The summed E-state index contributed by atoms with van der Waals surface area (Å²) >= 11 is 0. The zero-order valence-electron chi connectivity index (χ0n) is 17.7. The van der Waals surface area contributed by atoms with Crippen LogP contribution in [-0.2, 0) is 17.6 Å². The Bertz CT molecular complexity index is 682. The lowest BCUT2D eigenvalue weighted by Gasteiger charge is -2.07. The van der Waals surface area contributed by atoms with E-state index in [1.807, 2.05) is 36.4 Å². The Morgan fingerprint density at radius 2 is 1.17 bits per heavy atom. The van der Waals surface area contributed by atoms with Crippen LogP contribution in [0.5, 0.6) is 11.5 Å². The molecule has 0 spiro atoms. The van der Waals surface area contributed by atoms with Gasteiger partial charge in [0.15, 0.2) is 0 Å². The van der Waals surface area contributed by atoms with E-state index in [0.29, 0.717) is 31.8 Å². The molecule has 0 fully saturated rings. The molecule has 0 aliphatic rings. The van der Waals surface area contributed by atoms with Gasteiger partial charge < -0.3 is 19.7 Å². The van der Waals surface area contributed by atoms with Crippen LogP contribution in [0.4, 0.5) is 0 Å². The van der Waals surface area contributed by atoms with Crippen molar-refractivity contribution in [2.45, 2.75) is 51.4 Å². The maximum atomic E-state index is 12.1. The first-order valence-corrected chi connectivity index (χ1v) is 10.9. The molecular formula is C25H34O5. The molecule has 164 valence electrons. The van der Waals surface area contributed by atoms with Crippen molar-refractivity contribution in [1.82, 2.24) is 0 Å². The van der Waals surface area contributed by atoms with Gasteiger partial charge in [0.2, 0.25) is 0 Å². The fraction of sp³-hybridized carbons (Fsp3) is 0.480. The van der Waals surface area contributed by atoms with E-state index >= 15 is 0 Å². The largest absolute Gasteiger partial charge is 0.491 e. The molecule has 30 heavy (non-hydrogen) atoms. The van der Waals surface area contributed by atoms with E-state index in [1.165, 1.54) is 11.1 Å². The van der Waals surface area contributed by atoms with Crippen molar-refractivity contribution in [2.24, 2.45) is 0 Å². The lowest BCUT2D eigenvalue weighted by molar-refractivity contribution is -0.119. The average molecular weight is 415 g/mol. The normalized spacial score (nSPS) is 10.7. The summed E-state index contributed by atoms with van der Waals surface area (Å²) in [5.41, 5.74) is 2.39. The predicted octanol–water partition coefficient (Wildman–Crippen LogP) is 4.12. The smallest absolute Gasteiger partial charge is 0.132 e. The molecule has 0 atom stereocenters. The molecule has 0 radical (unpaired) electrons. The highest BCUT2D eigenvalue weighted by atomic mass is 16.5. The topological polar surface area (TPSA) is 76.0 Å². The second kappa shape index (κ2) is 14.6. The quantitative estimate of drug-likeness (QED) is 0.404. The van der Waals surface area contributed by atoms with Crippen LogP contribution < -0.4 is 9.47 Å². The van der Waals surface area contributed by atoms with E-state index in [1.54, 1.807) is 0 Å². The maximum absolute atomic E-state index is 12.1. The summed E-state index contributed by atoms with van der Waals surface area (Å²) in [6, 6.07) is 15.8. The highest BCUT2D eigenvalue weighted by Gasteiger charge is 2.04.